The Hall–Kier alpha value is -2.27. The van der Waals surface area contributed by atoms with E-state index >= 15 is 0 Å². The van der Waals surface area contributed by atoms with Crippen LogP contribution in [0.25, 0.3) is 10.9 Å². The van der Waals surface area contributed by atoms with E-state index in [-0.39, 0.29) is 0 Å². The van der Waals surface area contributed by atoms with Crippen molar-refractivity contribution < 1.29 is 14.6 Å². The predicted octanol–water partition coefficient (Wildman–Crippen LogP) is 3.46. The summed E-state index contributed by atoms with van der Waals surface area (Å²) in [5, 5.41) is 12.0. The van der Waals surface area contributed by atoms with Crippen LogP contribution in [0.5, 0.6) is 5.75 Å². The number of ether oxygens (including phenoxy) is 1. The maximum Gasteiger partial charge on any atom is 0.346 e. The quantitative estimate of drug-likeness (QED) is 0.799. The second-order valence-corrected chi connectivity index (χ2v) is 5.33. The molecule has 5 heteroatoms. The van der Waals surface area contributed by atoms with E-state index in [4.69, 9.17) is 9.84 Å². The van der Waals surface area contributed by atoms with Gasteiger partial charge in [0, 0.05) is 18.1 Å². The van der Waals surface area contributed by atoms with Crippen LogP contribution in [0, 0.1) is 0 Å². The van der Waals surface area contributed by atoms with E-state index in [0.717, 1.165) is 22.2 Å². The molecule has 0 bridgehead atoms. The summed E-state index contributed by atoms with van der Waals surface area (Å²) in [6.45, 7) is 0.543. The highest BCUT2D eigenvalue weighted by Crippen LogP contribution is 2.27. The first-order valence-electron chi connectivity index (χ1n) is 6.12. The lowest BCUT2D eigenvalue weighted by molar-refractivity contribution is 0.0701. The first-order valence-corrected chi connectivity index (χ1v) is 7.00. The van der Waals surface area contributed by atoms with E-state index in [9.17, 15) is 4.79 Å². The normalized spacial score (nSPS) is 10.8. The number of nitrogens with zero attached hydrogens (tertiary/aromatic N) is 1. The summed E-state index contributed by atoms with van der Waals surface area (Å²) < 4.78 is 7.37. The third-order valence-electron chi connectivity index (χ3n) is 3.28. The smallest absolute Gasteiger partial charge is 0.346 e. The largest absolute Gasteiger partial charge is 0.496 e. The summed E-state index contributed by atoms with van der Waals surface area (Å²) in [6, 6.07) is 9.70. The summed E-state index contributed by atoms with van der Waals surface area (Å²) in [4.78, 5) is 11.6. The van der Waals surface area contributed by atoms with Crippen molar-refractivity contribution in [3.63, 3.8) is 0 Å². The Labute approximate surface area is 119 Å². The van der Waals surface area contributed by atoms with Crippen LogP contribution in [0.4, 0.5) is 0 Å². The monoisotopic (exact) mass is 287 g/mol. The number of carbonyl (C=O) groups is 1. The second-order valence-electron chi connectivity index (χ2n) is 4.42. The fourth-order valence-corrected chi connectivity index (χ4v) is 3.10. The average molecular weight is 287 g/mol. The van der Waals surface area contributed by atoms with Crippen LogP contribution >= 0.6 is 11.3 Å². The minimum Gasteiger partial charge on any atom is -0.496 e. The van der Waals surface area contributed by atoms with Crippen molar-refractivity contribution in [3.05, 3.63) is 52.3 Å². The SMILES string of the molecule is COc1cccc2c1ccn2Cc1ccsc1C(=O)O. The van der Waals surface area contributed by atoms with Crippen LogP contribution in [0.15, 0.2) is 41.9 Å². The van der Waals surface area contributed by atoms with Gasteiger partial charge in [0.05, 0.1) is 12.6 Å². The molecule has 2 heterocycles. The summed E-state index contributed by atoms with van der Waals surface area (Å²) in [5.74, 6) is -0.0472. The van der Waals surface area contributed by atoms with Gasteiger partial charge in [-0.05, 0) is 35.2 Å². The van der Waals surface area contributed by atoms with E-state index in [1.54, 1.807) is 7.11 Å². The van der Waals surface area contributed by atoms with Crippen molar-refractivity contribution in [1.29, 1.82) is 0 Å². The van der Waals surface area contributed by atoms with Gasteiger partial charge in [0.25, 0.3) is 0 Å². The van der Waals surface area contributed by atoms with Crippen molar-refractivity contribution in [3.8, 4) is 5.75 Å². The highest BCUT2D eigenvalue weighted by Gasteiger charge is 2.13. The first-order chi connectivity index (χ1) is 9.70. The highest BCUT2D eigenvalue weighted by atomic mass is 32.1. The minimum atomic E-state index is -0.871. The third kappa shape index (κ3) is 2.06. The standard InChI is InChI=1S/C15H13NO3S/c1-19-13-4-2-3-12-11(13)5-7-16(12)9-10-6-8-20-14(10)15(17)18/h2-8H,9H2,1H3,(H,17,18). The van der Waals surface area contributed by atoms with Crippen molar-refractivity contribution >= 4 is 28.2 Å². The van der Waals surface area contributed by atoms with Crippen LogP contribution in [0.1, 0.15) is 15.2 Å². The van der Waals surface area contributed by atoms with E-state index in [1.807, 2.05) is 46.5 Å². The van der Waals surface area contributed by atoms with Gasteiger partial charge >= 0.3 is 5.97 Å². The molecule has 0 radical (unpaired) electrons. The molecular weight excluding hydrogens is 274 g/mol. The molecule has 0 aliphatic rings. The van der Waals surface area contributed by atoms with Gasteiger partial charge in [-0.25, -0.2) is 4.79 Å². The lowest BCUT2D eigenvalue weighted by atomic mass is 10.2. The van der Waals surface area contributed by atoms with Crippen LogP contribution in [-0.2, 0) is 6.54 Å². The molecule has 0 aliphatic heterocycles. The molecule has 0 atom stereocenters. The van der Waals surface area contributed by atoms with Crippen molar-refractivity contribution in [2.45, 2.75) is 6.54 Å². The Kier molecular flexibility index (Phi) is 3.20. The van der Waals surface area contributed by atoms with Crippen molar-refractivity contribution in [1.82, 2.24) is 4.57 Å². The maximum absolute atomic E-state index is 11.2. The highest BCUT2D eigenvalue weighted by molar-refractivity contribution is 7.12. The molecule has 4 nitrogen and oxygen atoms in total. The third-order valence-corrected chi connectivity index (χ3v) is 4.22. The summed E-state index contributed by atoms with van der Waals surface area (Å²) in [6.07, 6.45) is 1.95. The zero-order chi connectivity index (χ0) is 14.1. The molecule has 102 valence electrons. The van der Waals surface area contributed by atoms with Crippen LogP contribution in [-0.4, -0.2) is 22.8 Å². The molecule has 2 aromatic heterocycles. The van der Waals surface area contributed by atoms with Gasteiger partial charge in [-0.3, -0.25) is 0 Å². The fraction of sp³-hybridized carbons (Fsp3) is 0.133. The molecule has 0 fully saturated rings. The molecule has 0 unspecified atom stereocenters. The fourth-order valence-electron chi connectivity index (χ4n) is 2.34. The molecule has 1 aromatic carbocycles. The van der Waals surface area contributed by atoms with Crippen LogP contribution in [0.2, 0.25) is 0 Å². The zero-order valence-electron chi connectivity index (χ0n) is 10.9. The summed E-state index contributed by atoms with van der Waals surface area (Å²) in [7, 11) is 1.65. The Bertz CT molecular complexity index is 772. The number of carboxylic acid groups (broad SMARTS) is 1. The van der Waals surface area contributed by atoms with Gasteiger partial charge in [0.2, 0.25) is 0 Å². The maximum atomic E-state index is 11.2. The number of methoxy groups -OCH3 is 1. The van der Waals surface area contributed by atoms with Crippen molar-refractivity contribution in [2.24, 2.45) is 0 Å². The van der Waals surface area contributed by atoms with E-state index in [2.05, 4.69) is 0 Å². The number of benzene rings is 1. The molecule has 3 rings (SSSR count). The van der Waals surface area contributed by atoms with Gasteiger partial charge in [-0.2, -0.15) is 0 Å². The number of hydrogen-bond acceptors (Lipinski definition) is 3. The zero-order valence-corrected chi connectivity index (χ0v) is 11.7. The number of rotatable bonds is 4. The molecule has 0 saturated heterocycles. The summed E-state index contributed by atoms with van der Waals surface area (Å²) >= 11 is 1.25. The molecule has 20 heavy (non-hydrogen) atoms. The predicted molar refractivity (Wildman–Crippen MR) is 78.9 cm³/mol. The number of aromatic carboxylic acids is 1. The minimum absolute atomic E-state index is 0.398. The number of thiophene rings is 1. The average Bonchev–Trinajstić information content (AvgIpc) is 3.06. The lowest BCUT2D eigenvalue weighted by Gasteiger charge is -2.06. The van der Waals surface area contributed by atoms with Gasteiger partial charge < -0.3 is 14.4 Å². The van der Waals surface area contributed by atoms with E-state index < -0.39 is 5.97 Å². The Balaban J connectivity index is 2.03. The van der Waals surface area contributed by atoms with E-state index in [1.165, 1.54) is 11.3 Å². The molecule has 0 spiro atoms. The lowest BCUT2D eigenvalue weighted by Crippen LogP contribution is -2.03. The summed E-state index contributed by atoms with van der Waals surface area (Å²) in [5.41, 5.74) is 1.86. The van der Waals surface area contributed by atoms with Gasteiger partial charge in [-0.1, -0.05) is 6.07 Å². The molecular formula is C15H13NO3S. The Morgan fingerprint density at radius 3 is 2.95 bits per heavy atom. The topological polar surface area (TPSA) is 51.5 Å². The first kappa shape index (κ1) is 12.7. The van der Waals surface area contributed by atoms with Gasteiger partial charge in [-0.15, -0.1) is 11.3 Å². The number of hydrogen-bond donors (Lipinski definition) is 1. The second kappa shape index (κ2) is 5.02. The van der Waals surface area contributed by atoms with Gasteiger partial charge in [0.1, 0.15) is 10.6 Å². The number of fused-ring (bicyclic) bond motifs is 1. The van der Waals surface area contributed by atoms with Crippen molar-refractivity contribution in [2.75, 3.05) is 7.11 Å². The molecule has 0 amide bonds. The Morgan fingerprint density at radius 2 is 2.20 bits per heavy atom. The number of carboxylic acids is 1. The molecule has 0 aliphatic carbocycles. The van der Waals surface area contributed by atoms with Gasteiger partial charge in [0.15, 0.2) is 0 Å². The number of aromatic nitrogens is 1. The molecule has 3 aromatic rings. The Morgan fingerprint density at radius 1 is 1.35 bits per heavy atom. The van der Waals surface area contributed by atoms with Crippen LogP contribution < -0.4 is 4.74 Å². The van der Waals surface area contributed by atoms with Crippen LogP contribution in [0.3, 0.4) is 0 Å². The van der Waals surface area contributed by atoms with E-state index in [0.29, 0.717) is 11.4 Å². The molecule has 0 saturated carbocycles. The molecule has 1 N–H and O–H groups in total.